The van der Waals surface area contributed by atoms with Gasteiger partial charge in [0.05, 0.1) is 7.11 Å². The number of fused-ring (bicyclic) bond motifs is 1. The fourth-order valence-corrected chi connectivity index (χ4v) is 3.60. The zero-order chi connectivity index (χ0) is 17.4. The third-order valence-electron chi connectivity index (χ3n) is 4.86. The van der Waals surface area contributed by atoms with E-state index in [0.717, 1.165) is 17.6 Å². The van der Waals surface area contributed by atoms with Gasteiger partial charge >= 0.3 is 5.97 Å². The molecule has 2 unspecified atom stereocenters. The summed E-state index contributed by atoms with van der Waals surface area (Å²) in [4.78, 5) is 11.4. The van der Waals surface area contributed by atoms with Crippen molar-refractivity contribution < 1.29 is 14.3 Å². The average molecular weight is 332 g/mol. The highest BCUT2D eigenvalue weighted by atomic mass is 16.5. The van der Waals surface area contributed by atoms with Crippen molar-refractivity contribution in [3.05, 3.63) is 71.8 Å². The SMILES string of the molecule is COc1ccc(C2CC2c2cc(OC(C)=O)cc3ccccc23)cc1. The van der Waals surface area contributed by atoms with Crippen molar-refractivity contribution in [1.82, 2.24) is 0 Å². The van der Waals surface area contributed by atoms with Gasteiger partial charge in [0.15, 0.2) is 0 Å². The Morgan fingerprint density at radius 2 is 1.72 bits per heavy atom. The lowest BCUT2D eigenvalue weighted by molar-refractivity contribution is -0.131. The molecule has 4 rings (SSSR count). The molecule has 0 heterocycles. The van der Waals surface area contributed by atoms with Gasteiger partial charge < -0.3 is 9.47 Å². The Kier molecular flexibility index (Phi) is 3.92. The highest BCUT2D eigenvalue weighted by Crippen LogP contribution is 2.56. The standard InChI is InChI=1S/C22H20O3/c1-14(23)25-18-11-16-5-3-4-6-19(16)21(12-18)22-13-20(22)15-7-9-17(24-2)10-8-15/h3-12,20,22H,13H2,1-2H3. The second-order valence-electron chi connectivity index (χ2n) is 6.55. The fourth-order valence-electron chi connectivity index (χ4n) is 3.60. The van der Waals surface area contributed by atoms with Crippen LogP contribution in [0.5, 0.6) is 11.5 Å². The summed E-state index contributed by atoms with van der Waals surface area (Å²) in [5, 5.41) is 2.34. The van der Waals surface area contributed by atoms with Crippen molar-refractivity contribution in [3.63, 3.8) is 0 Å². The van der Waals surface area contributed by atoms with Crippen LogP contribution in [0, 0.1) is 0 Å². The molecule has 3 heteroatoms. The van der Waals surface area contributed by atoms with Gasteiger partial charge in [-0.15, -0.1) is 0 Å². The molecular weight excluding hydrogens is 312 g/mol. The van der Waals surface area contributed by atoms with Crippen LogP contribution in [-0.2, 0) is 4.79 Å². The van der Waals surface area contributed by atoms with Gasteiger partial charge in [0.2, 0.25) is 0 Å². The average Bonchev–Trinajstić information content (AvgIpc) is 3.41. The summed E-state index contributed by atoms with van der Waals surface area (Å²) in [5.41, 5.74) is 2.59. The zero-order valence-electron chi connectivity index (χ0n) is 14.4. The maximum atomic E-state index is 11.4. The van der Waals surface area contributed by atoms with E-state index in [1.54, 1.807) is 7.11 Å². The molecule has 0 aromatic heterocycles. The molecule has 1 saturated carbocycles. The van der Waals surface area contributed by atoms with Gasteiger partial charge in [-0.2, -0.15) is 0 Å². The lowest BCUT2D eigenvalue weighted by Crippen LogP contribution is -2.02. The van der Waals surface area contributed by atoms with E-state index >= 15 is 0 Å². The van der Waals surface area contributed by atoms with Gasteiger partial charge in [-0.1, -0.05) is 36.4 Å². The molecular formula is C22H20O3. The molecule has 3 nitrogen and oxygen atoms in total. The van der Waals surface area contributed by atoms with Crippen molar-refractivity contribution in [2.75, 3.05) is 7.11 Å². The van der Waals surface area contributed by atoms with Crippen LogP contribution in [0.1, 0.15) is 36.3 Å². The summed E-state index contributed by atoms with van der Waals surface area (Å²) < 4.78 is 10.6. The Morgan fingerprint density at radius 1 is 0.960 bits per heavy atom. The minimum atomic E-state index is -0.288. The number of esters is 1. The first-order valence-electron chi connectivity index (χ1n) is 8.51. The van der Waals surface area contributed by atoms with Gasteiger partial charge in [-0.3, -0.25) is 4.79 Å². The van der Waals surface area contributed by atoms with Gasteiger partial charge in [0.25, 0.3) is 0 Å². The lowest BCUT2D eigenvalue weighted by Gasteiger charge is -2.10. The minimum Gasteiger partial charge on any atom is -0.497 e. The van der Waals surface area contributed by atoms with Crippen LogP contribution in [0.3, 0.4) is 0 Å². The van der Waals surface area contributed by atoms with Crippen LogP contribution in [0.25, 0.3) is 10.8 Å². The van der Waals surface area contributed by atoms with Crippen LogP contribution in [0.15, 0.2) is 60.7 Å². The first-order valence-corrected chi connectivity index (χ1v) is 8.51. The van der Waals surface area contributed by atoms with Crippen LogP contribution in [0.2, 0.25) is 0 Å². The second-order valence-corrected chi connectivity index (χ2v) is 6.55. The molecule has 1 fully saturated rings. The molecule has 0 N–H and O–H groups in total. The smallest absolute Gasteiger partial charge is 0.308 e. The quantitative estimate of drug-likeness (QED) is 0.496. The van der Waals surface area contributed by atoms with Crippen LogP contribution < -0.4 is 9.47 Å². The first-order chi connectivity index (χ1) is 12.2. The summed E-state index contributed by atoms with van der Waals surface area (Å²) >= 11 is 0. The molecule has 3 aromatic rings. The number of carbonyl (C=O) groups excluding carboxylic acids is 1. The largest absolute Gasteiger partial charge is 0.497 e. The Balaban J connectivity index is 1.69. The minimum absolute atomic E-state index is 0.288. The van der Waals surface area contributed by atoms with Gasteiger partial charge in [0.1, 0.15) is 11.5 Å². The van der Waals surface area contributed by atoms with Crippen molar-refractivity contribution in [2.45, 2.75) is 25.2 Å². The molecule has 25 heavy (non-hydrogen) atoms. The van der Waals surface area contributed by atoms with Crippen LogP contribution in [0.4, 0.5) is 0 Å². The number of carbonyl (C=O) groups is 1. The number of benzene rings is 3. The number of rotatable bonds is 4. The van der Waals surface area contributed by atoms with E-state index < -0.39 is 0 Å². The molecule has 0 amide bonds. The summed E-state index contributed by atoms with van der Waals surface area (Å²) in [6.07, 6.45) is 1.11. The Hall–Kier alpha value is -2.81. The molecule has 126 valence electrons. The highest BCUT2D eigenvalue weighted by molar-refractivity contribution is 5.89. The third-order valence-corrected chi connectivity index (χ3v) is 4.86. The van der Waals surface area contributed by atoms with E-state index in [-0.39, 0.29) is 5.97 Å². The second kappa shape index (κ2) is 6.25. The molecule has 0 spiro atoms. The van der Waals surface area contributed by atoms with Gasteiger partial charge in [-0.25, -0.2) is 0 Å². The molecule has 3 aromatic carbocycles. The van der Waals surface area contributed by atoms with Crippen molar-refractivity contribution in [3.8, 4) is 11.5 Å². The summed E-state index contributed by atoms with van der Waals surface area (Å²) in [5.74, 6) is 2.17. The molecule has 1 aliphatic rings. The van der Waals surface area contributed by atoms with E-state index in [2.05, 4.69) is 30.3 Å². The third kappa shape index (κ3) is 3.10. The van der Waals surface area contributed by atoms with E-state index in [1.807, 2.05) is 30.3 Å². The number of methoxy groups -OCH3 is 1. The maximum Gasteiger partial charge on any atom is 0.308 e. The van der Waals surface area contributed by atoms with E-state index in [0.29, 0.717) is 17.6 Å². The van der Waals surface area contributed by atoms with Crippen LogP contribution >= 0.6 is 0 Å². The van der Waals surface area contributed by atoms with Crippen LogP contribution in [-0.4, -0.2) is 13.1 Å². The summed E-state index contributed by atoms with van der Waals surface area (Å²) in [6.45, 7) is 1.44. The Morgan fingerprint density at radius 3 is 2.44 bits per heavy atom. The molecule has 0 bridgehead atoms. The predicted octanol–water partition coefficient (Wildman–Crippen LogP) is 5.04. The van der Waals surface area contributed by atoms with E-state index in [9.17, 15) is 4.79 Å². The number of hydrogen-bond donors (Lipinski definition) is 0. The Bertz CT molecular complexity index is 928. The van der Waals surface area contributed by atoms with E-state index in [1.165, 1.54) is 23.4 Å². The predicted molar refractivity (Wildman–Crippen MR) is 98.4 cm³/mol. The number of ether oxygens (including phenoxy) is 2. The summed E-state index contributed by atoms with van der Waals surface area (Å²) in [7, 11) is 1.68. The normalized spacial score (nSPS) is 18.8. The Labute approximate surface area is 147 Å². The van der Waals surface area contributed by atoms with Crippen molar-refractivity contribution in [1.29, 1.82) is 0 Å². The lowest BCUT2D eigenvalue weighted by atomic mass is 9.98. The van der Waals surface area contributed by atoms with Crippen molar-refractivity contribution >= 4 is 16.7 Å². The first kappa shape index (κ1) is 15.7. The zero-order valence-corrected chi connectivity index (χ0v) is 14.4. The molecule has 0 saturated heterocycles. The summed E-state index contributed by atoms with van der Waals surface area (Å²) in [6, 6.07) is 20.5. The van der Waals surface area contributed by atoms with Gasteiger partial charge in [0, 0.05) is 6.92 Å². The highest BCUT2D eigenvalue weighted by Gasteiger charge is 2.40. The maximum absolute atomic E-state index is 11.4. The molecule has 1 aliphatic carbocycles. The molecule has 0 radical (unpaired) electrons. The monoisotopic (exact) mass is 332 g/mol. The molecule has 0 aliphatic heterocycles. The van der Waals surface area contributed by atoms with Gasteiger partial charge in [-0.05, 0) is 64.4 Å². The molecule has 2 atom stereocenters. The van der Waals surface area contributed by atoms with E-state index in [4.69, 9.17) is 9.47 Å². The number of hydrogen-bond acceptors (Lipinski definition) is 3. The fraction of sp³-hybridized carbons (Fsp3) is 0.227. The topological polar surface area (TPSA) is 35.5 Å². The van der Waals surface area contributed by atoms with Crippen molar-refractivity contribution in [2.24, 2.45) is 0 Å².